The fraction of sp³-hybridized carbons (Fsp3) is 0.231. The minimum atomic E-state index is -1.07. The van der Waals surface area contributed by atoms with E-state index in [9.17, 15) is 9.59 Å². The lowest BCUT2D eigenvalue weighted by Gasteiger charge is -2.09. The van der Waals surface area contributed by atoms with Gasteiger partial charge in [0.2, 0.25) is 0 Å². The molecule has 2 aromatic rings. The van der Waals surface area contributed by atoms with Gasteiger partial charge in [0.05, 0.1) is 10.6 Å². The van der Waals surface area contributed by atoms with Gasteiger partial charge in [-0.15, -0.1) is 11.3 Å². The molecule has 104 valence electrons. The fourth-order valence-corrected chi connectivity index (χ4v) is 2.25. The Balaban J connectivity index is 1.93. The Morgan fingerprint density at radius 1 is 1.40 bits per heavy atom. The number of rotatable bonds is 5. The van der Waals surface area contributed by atoms with E-state index < -0.39 is 5.97 Å². The van der Waals surface area contributed by atoms with Gasteiger partial charge in [-0.2, -0.15) is 0 Å². The van der Waals surface area contributed by atoms with Crippen molar-refractivity contribution < 1.29 is 14.7 Å². The van der Waals surface area contributed by atoms with E-state index in [0.717, 1.165) is 5.01 Å². The smallest absolute Gasteiger partial charge is 0.337 e. The van der Waals surface area contributed by atoms with Crippen LogP contribution in [0, 0.1) is 0 Å². The van der Waals surface area contributed by atoms with Gasteiger partial charge < -0.3 is 10.4 Å². The molecule has 0 fully saturated rings. The number of carboxylic acids is 1. The summed E-state index contributed by atoms with van der Waals surface area (Å²) in [5, 5.41) is 14.3. The molecule has 0 saturated carbocycles. The summed E-state index contributed by atoms with van der Waals surface area (Å²) in [6.45, 7) is 2.43. The molecule has 0 saturated heterocycles. The SMILES string of the molecule is CC(CNC(=O)c1ccc(C(=O)O)cn1)c1nccs1. The van der Waals surface area contributed by atoms with Crippen molar-refractivity contribution in [3.63, 3.8) is 0 Å². The van der Waals surface area contributed by atoms with Crippen LogP contribution < -0.4 is 5.32 Å². The molecule has 0 aliphatic heterocycles. The number of pyridine rings is 1. The number of carbonyl (C=O) groups excluding carboxylic acids is 1. The Bertz CT molecular complexity index is 596. The highest BCUT2D eigenvalue weighted by Crippen LogP contribution is 2.16. The summed E-state index contributed by atoms with van der Waals surface area (Å²) in [6, 6.07) is 2.75. The molecule has 0 aliphatic carbocycles. The van der Waals surface area contributed by atoms with Gasteiger partial charge in [-0.25, -0.2) is 9.78 Å². The Hall–Kier alpha value is -2.28. The summed E-state index contributed by atoms with van der Waals surface area (Å²) in [5.41, 5.74) is 0.249. The molecular weight excluding hydrogens is 278 g/mol. The lowest BCUT2D eigenvalue weighted by Crippen LogP contribution is -2.28. The van der Waals surface area contributed by atoms with Gasteiger partial charge in [0.25, 0.3) is 5.91 Å². The lowest BCUT2D eigenvalue weighted by atomic mass is 10.2. The molecule has 7 heteroatoms. The van der Waals surface area contributed by atoms with Crippen LogP contribution >= 0.6 is 11.3 Å². The molecule has 2 N–H and O–H groups in total. The van der Waals surface area contributed by atoms with Gasteiger partial charge in [0.15, 0.2) is 0 Å². The zero-order chi connectivity index (χ0) is 14.5. The van der Waals surface area contributed by atoms with Crippen LogP contribution in [-0.2, 0) is 0 Å². The van der Waals surface area contributed by atoms with E-state index >= 15 is 0 Å². The number of carboxylic acid groups (broad SMARTS) is 1. The summed E-state index contributed by atoms with van der Waals surface area (Å²) in [4.78, 5) is 30.6. The van der Waals surface area contributed by atoms with Crippen LogP contribution in [0.15, 0.2) is 29.9 Å². The van der Waals surface area contributed by atoms with E-state index in [1.807, 2.05) is 12.3 Å². The van der Waals surface area contributed by atoms with E-state index in [4.69, 9.17) is 5.11 Å². The van der Waals surface area contributed by atoms with Gasteiger partial charge >= 0.3 is 5.97 Å². The number of amides is 1. The first-order valence-electron chi connectivity index (χ1n) is 5.95. The quantitative estimate of drug-likeness (QED) is 0.876. The molecule has 1 amide bonds. The Labute approximate surface area is 119 Å². The number of hydrogen-bond acceptors (Lipinski definition) is 5. The van der Waals surface area contributed by atoms with E-state index in [2.05, 4.69) is 15.3 Å². The lowest BCUT2D eigenvalue weighted by molar-refractivity contribution is 0.0695. The number of nitrogens with one attached hydrogen (secondary N) is 1. The first-order valence-corrected chi connectivity index (χ1v) is 6.83. The van der Waals surface area contributed by atoms with Crippen LogP contribution in [0.25, 0.3) is 0 Å². The van der Waals surface area contributed by atoms with Crippen LogP contribution in [0.5, 0.6) is 0 Å². The molecule has 2 aromatic heterocycles. The maximum Gasteiger partial charge on any atom is 0.337 e. The van der Waals surface area contributed by atoms with E-state index in [1.54, 1.807) is 17.5 Å². The van der Waals surface area contributed by atoms with Crippen molar-refractivity contribution in [2.45, 2.75) is 12.8 Å². The number of nitrogens with zero attached hydrogens (tertiary/aromatic N) is 2. The zero-order valence-corrected chi connectivity index (χ0v) is 11.6. The van der Waals surface area contributed by atoms with Crippen LogP contribution in [0.1, 0.15) is 38.7 Å². The van der Waals surface area contributed by atoms with Crippen LogP contribution in [0.3, 0.4) is 0 Å². The topological polar surface area (TPSA) is 92.2 Å². The minimum absolute atomic E-state index is 0.0534. The summed E-state index contributed by atoms with van der Waals surface area (Å²) in [7, 11) is 0. The minimum Gasteiger partial charge on any atom is -0.478 e. The molecule has 0 aromatic carbocycles. The average molecular weight is 291 g/mol. The first-order chi connectivity index (χ1) is 9.58. The van der Waals surface area contributed by atoms with Crippen molar-refractivity contribution in [2.24, 2.45) is 0 Å². The number of hydrogen-bond donors (Lipinski definition) is 2. The molecule has 20 heavy (non-hydrogen) atoms. The second-order valence-electron chi connectivity index (χ2n) is 4.22. The predicted octanol–water partition coefficient (Wildman–Crippen LogP) is 1.77. The number of aromatic carboxylic acids is 1. The summed E-state index contributed by atoms with van der Waals surface area (Å²) >= 11 is 1.54. The highest BCUT2D eigenvalue weighted by molar-refractivity contribution is 7.09. The van der Waals surface area contributed by atoms with Gasteiger partial charge in [-0.3, -0.25) is 9.78 Å². The molecular formula is C13H13N3O3S. The Kier molecular flexibility index (Phi) is 4.41. The number of thiazole rings is 1. The third-order valence-electron chi connectivity index (χ3n) is 2.68. The van der Waals surface area contributed by atoms with Gasteiger partial charge in [-0.1, -0.05) is 6.92 Å². The number of carbonyl (C=O) groups is 2. The molecule has 0 aliphatic rings. The van der Waals surface area contributed by atoms with Crippen LogP contribution in [-0.4, -0.2) is 33.5 Å². The van der Waals surface area contributed by atoms with Gasteiger partial charge in [0, 0.05) is 30.2 Å². The third-order valence-corrected chi connectivity index (χ3v) is 3.69. The second kappa shape index (κ2) is 6.25. The monoisotopic (exact) mass is 291 g/mol. The van der Waals surface area contributed by atoms with Crippen LogP contribution in [0.4, 0.5) is 0 Å². The molecule has 0 bridgehead atoms. The van der Waals surface area contributed by atoms with Crippen molar-refractivity contribution >= 4 is 23.2 Å². The van der Waals surface area contributed by atoms with E-state index in [1.165, 1.54) is 18.3 Å². The van der Waals surface area contributed by atoms with Gasteiger partial charge in [0.1, 0.15) is 5.69 Å². The van der Waals surface area contributed by atoms with Gasteiger partial charge in [-0.05, 0) is 12.1 Å². The second-order valence-corrected chi connectivity index (χ2v) is 5.14. The molecule has 1 atom stereocenters. The third kappa shape index (κ3) is 3.39. The fourth-order valence-electron chi connectivity index (χ4n) is 1.56. The molecule has 2 heterocycles. The van der Waals surface area contributed by atoms with E-state index in [-0.39, 0.29) is 23.1 Å². The highest BCUT2D eigenvalue weighted by Gasteiger charge is 2.12. The molecule has 0 spiro atoms. The van der Waals surface area contributed by atoms with Crippen molar-refractivity contribution in [2.75, 3.05) is 6.54 Å². The number of aromatic nitrogens is 2. The van der Waals surface area contributed by atoms with Crippen molar-refractivity contribution in [1.29, 1.82) is 0 Å². The average Bonchev–Trinajstić information content (AvgIpc) is 2.98. The molecule has 2 rings (SSSR count). The van der Waals surface area contributed by atoms with Crippen molar-refractivity contribution in [3.05, 3.63) is 46.2 Å². The molecule has 6 nitrogen and oxygen atoms in total. The maximum absolute atomic E-state index is 11.9. The summed E-state index contributed by atoms with van der Waals surface area (Å²) in [6.07, 6.45) is 2.89. The standard InChI is InChI=1S/C13H13N3O3S/c1-8(12-14-4-5-20-12)6-16-11(17)10-3-2-9(7-15-10)13(18)19/h2-5,7-8H,6H2,1H3,(H,16,17)(H,18,19). The normalized spacial score (nSPS) is 11.8. The van der Waals surface area contributed by atoms with Crippen molar-refractivity contribution in [3.8, 4) is 0 Å². The molecule has 1 unspecified atom stereocenters. The summed E-state index contributed by atoms with van der Waals surface area (Å²) in [5.74, 6) is -1.27. The maximum atomic E-state index is 11.9. The zero-order valence-electron chi connectivity index (χ0n) is 10.7. The molecule has 0 radical (unpaired) electrons. The first kappa shape index (κ1) is 14.1. The Morgan fingerprint density at radius 3 is 2.75 bits per heavy atom. The van der Waals surface area contributed by atoms with Crippen LogP contribution in [0.2, 0.25) is 0 Å². The highest BCUT2D eigenvalue weighted by atomic mass is 32.1. The predicted molar refractivity (Wildman–Crippen MR) is 74.1 cm³/mol. The van der Waals surface area contributed by atoms with E-state index in [0.29, 0.717) is 6.54 Å². The summed E-state index contributed by atoms with van der Waals surface area (Å²) < 4.78 is 0. The Morgan fingerprint density at radius 2 is 2.20 bits per heavy atom. The largest absolute Gasteiger partial charge is 0.478 e. The van der Waals surface area contributed by atoms with Crippen molar-refractivity contribution in [1.82, 2.24) is 15.3 Å².